The number of nitrogens with one attached hydrogen (secondary N) is 2. The van der Waals surface area contributed by atoms with Crippen LogP contribution in [-0.4, -0.2) is 50.0 Å². The molecule has 2 amide bonds. The first kappa shape index (κ1) is 14.2. The first-order valence-corrected chi connectivity index (χ1v) is 6.65. The zero-order chi connectivity index (χ0) is 14.5. The van der Waals surface area contributed by atoms with Gasteiger partial charge >= 0.3 is 0 Å². The largest absolute Gasteiger partial charge is 0.489 e. The molecule has 0 unspecified atom stereocenters. The van der Waals surface area contributed by atoms with E-state index < -0.39 is 0 Å². The van der Waals surface area contributed by atoms with Crippen LogP contribution in [0.1, 0.15) is 17.3 Å². The molecule has 0 aromatic heterocycles. The molecular weight excluding hydrogens is 258 g/mol. The van der Waals surface area contributed by atoms with Crippen LogP contribution >= 0.6 is 0 Å². The first-order chi connectivity index (χ1) is 9.63. The molecule has 1 aliphatic heterocycles. The molecule has 108 valence electrons. The van der Waals surface area contributed by atoms with Crippen LogP contribution in [0.3, 0.4) is 0 Å². The highest BCUT2D eigenvalue weighted by Gasteiger charge is 2.22. The van der Waals surface area contributed by atoms with E-state index >= 15 is 0 Å². The topological polar surface area (TPSA) is 70.7 Å². The minimum absolute atomic E-state index is 0.0315. The quantitative estimate of drug-likeness (QED) is 0.850. The third kappa shape index (κ3) is 3.01. The number of nitrogens with zero attached hydrogens (tertiary/aromatic N) is 1. The molecule has 1 aliphatic rings. The third-order valence-electron chi connectivity index (χ3n) is 3.01. The smallest absolute Gasteiger partial charge is 0.257 e. The van der Waals surface area contributed by atoms with E-state index in [-0.39, 0.29) is 18.4 Å². The highest BCUT2D eigenvalue weighted by Crippen LogP contribution is 2.31. The van der Waals surface area contributed by atoms with Gasteiger partial charge in [0.1, 0.15) is 6.61 Å². The number of ether oxygens (including phenoxy) is 1. The van der Waals surface area contributed by atoms with Crippen molar-refractivity contribution in [2.45, 2.75) is 6.92 Å². The molecule has 0 atom stereocenters. The molecule has 6 heteroatoms. The molecule has 1 aromatic rings. The van der Waals surface area contributed by atoms with Crippen LogP contribution in [0.25, 0.3) is 0 Å². The Kier molecular flexibility index (Phi) is 4.45. The van der Waals surface area contributed by atoms with Crippen LogP contribution in [0.5, 0.6) is 5.75 Å². The van der Waals surface area contributed by atoms with Crippen LogP contribution in [0.15, 0.2) is 18.2 Å². The van der Waals surface area contributed by atoms with Gasteiger partial charge in [-0.05, 0) is 19.1 Å². The summed E-state index contributed by atoms with van der Waals surface area (Å²) in [7, 11) is 1.60. The molecule has 0 radical (unpaired) electrons. The molecule has 0 spiro atoms. The lowest BCUT2D eigenvalue weighted by Crippen LogP contribution is -2.38. The zero-order valence-electron chi connectivity index (χ0n) is 11.7. The SMILES string of the molecule is CCNC(=O)CN(C)C(=O)c1cccc2c1OCCN2. The zero-order valence-corrected chi connectivity index (χ0v) is 11.7. The van der Waals surface area contributed by atoms with E-state index in [2.05, 4.69) is 10.6 Å². The molecule has 0 saturated carbocycles. The van der Waals surface area contributed by atoms with E-state index in [1.54, 1.807) is 19.2 Å². The predicted molar refractivity (Wildman–Crippen MR) is 76.1 cm³/mol. The standard InChI is InChI=1S/C14H19N3O3/c1-3-15-12(18)9-17(2)14(19)10-5-4-6-11-13(10)20-8-7-16-11/h4-6,16H,3,7-9H2,1-2H3,(H,15,18). The van der Waals surface area contributed by atoms with Gasteiger partial charge in [-0.3, -0.25) is 9.59 Å². The number of hydrogen-bond acceptors (Lipinski definition) is 4. The number of likely N-dealkylation sites (N-methyl/N-ethyl adjacent to an activating group) is 2. The summed E-state index contributed by atoms with van der Waals surface area (Å²) in [5, 5.41) is 5.85. The summed E-state index contributed by atoms with van der Waals surface area (Å²) >= 11 is 0. The van der Waals surface area contributed by atoms with Gasteiger partial charge in [0, 0.05) is 20.1 Å². The van der Waals surface area contributed by atoms with E-state index in [9.17, 15) is 9.59 Å². The molecule has 6 nitrogen and oxygen atoms in total. The average molecular weight is 277 g/mol. The summed E-state index contributed by atoms with van der Waals surface area (Å²) in [6, 6.07) is 5.38. The van der Waals surface area contributed by atoms with E-state index in [1.807, 2.05) is 13.0 Å². The van der Waals surface area contributed by atoms with Crippen LogP contribution in [0.2, 0.25) is 0 Å². The van der Waals surface area contributed by atoms with Crippen molar-refractivity contribution in [3.8, 4) is 5.75 Å². The maximum Gasteiger partial charge on any atom is 0.257 e. The summed E-state index contributed by atoms with van der Waals surface area (Å²) in [5.41, 5.74) is 1.29. The van der Waals surface area contributed by atoms with Crippen molar-refractivity contribution in [3.63, 3.8) is 0 Å². The number of carbonyl (C=O) groups excluding carboxylic acids is 2. The van der Waals surface area contributed by atoms with Crippen molar-refractivity contribution in [1.82, 2.24) is 10.2 Å². The van der Waals surface area contributed by atoms with E-state index in [0.717, 1.165) is 12.2 Å². The maximum absolute atomic E-state index is 12.4. The summed E-state index contributed by atoms with van der Waals surface area (Å²) in [6.45, 7) is 3.67. The molecule has 20 heavy (non-hydrogen) atoms. The monoisotopic (exact) mass is 277 g/mol. The molecule has 0 fully saturated rings. The molecule has 1 heterocycles. The Morgan fingerprint density at radius 2 is 2.25 bits per heavy atom. The predicted octanol–water partition coefficient (Wildman–Crippen LogP) is 0.699. The molecule has 0 bridgehead atoms. The second-order valence-electron chi connectivity index (χ2n) is 4.57. The Bertz CT molecular complexity index is 516. The molecule has 0 saturated heterocycles. The Morgan fingerprint density at radius 1 is 1.45 bits per heavy atom. The lowest BCUT2D eigenvalue weighted by molar-refractivity contribution is -0.121. The van der Waals surface area contributed by atoms with Crippen molar-refractivity contribution in [2.24, 2.45) is 0 Å². The molecular formula is C14H19N3O3. The van der Waals surface area contributed by atoms with Crippen molar-refractivity contribution in [3.05, 3.63) is 23.8 Å². The second kappa shape index (κ2) is 6.27. The number of rotatable bonds is 4. The molecule has 2 rings (SSSR count). The number of para-hydroxylation sites is 1. The van der Waals surface area contributed by atoms with E-state index in [0.29, 0.717) is 24.5 Å². The Hall–Kier alpha value is -2.24. The lowest BCUT2D eigenvalue weighted by Gasteiger charge is -2.23. The van der Waals surface area contributed by atoms with Crippen LogP contribution in [0, 0.1) is 0 Å². The van der Waals surface area contributed by atoms with Gasteiger partial charge in [0.25, 0.3) is 5.91 Å². The van der Waals surface area contributed by atoms with Gasteiger partial charge in [-0.2, -0.15) is 0 Å². The van der Waals surface area contributed by atoms with Gasteiger partial charge in [0.2, 0.25) is 5.91 Å². The minimum atomic E-state index is -0.225. The normalized spacial score (nSPS) is 12.7. The molecule has 0 aliphatic carbocycles. The fourth-order valence-corrected chi connectivity index (χ4v) is 2.08. The van der Waals surface area contributed by atoms with Crippen molar-refractivity contribution >= 4 is 17.5 Å². The highest BCUT2D eigenvalue weighted by molar-refractivity contribution is 6.00. The van der Waals surface area contributed by atoms with Gasteiger partial charge in [0.05, 0.1) is 17.8 Å². The van der Waals surface area contributed by atoms with Gasteiger partial charge in [-0.15, -0.1) is 0 Å². The second-order valence-corrected chi connectivity index (χ2v) is 4.57. The van der Waals surface area contributed by atoms with Crippen LogP contribution in [0.4, 0.5) is 5.69 Å². The summed E-state index contributed by atoms with van der Waals surface area (Å²) < 4.78 is 5.57. The summed E-state index contributed by atoms with van der Waals surface area (Å²) in [6.07, 6.45) is 0. The van der Waals surface area contributed by atoms with Crippen LogP contribution in [-0.2, 0) is 4.79 Å². The fourth-order valence-electron chi connectivity index (χ4n) is 2.08. The Labute approximate surface area is 118 Å². The van der Waals surface area contributed by atoms with E-state index in [4.69, 9.17) is 4.74 Å². The first-order valence-electron chi connectivity index (χ1n) is 6.65. The van der Waals surface area contributed by atoms with Crippen LogP contribution < -0.4 is 15.4 Å². The molecule has 2 N–H and O–H groups in total. The molecule has 1 aromatic carbocycles. The van der Waals surface area contributed by atoms with Gasteiger partial charge in [0.15, 0.2) is 5.75 Å². The van der Waals surface area contributed by atoms with Gasteiger partial charge in [-0.1, -0.05) is 6.07 Å². The summed E-state index contributed by atoms with van der Waals surface area (Å²) in [4.78, 5) is 25.3. The fraction of sp³-hybridized carbons (Fsp3) is 0.429. The van der Waals surface area contributed by atoms with E-state index in [1.165, 1.54) is 4.90 Å². The Balaban J connectivity index is 2.14. The third-order valence-corrected chi connectivity index (χ3v) is 3.01. The van der Waals surface area contributed by atoms with Crippen molar-refractivity contribution in [1.29, 1.82) is 0 Å². The van der Waals surface area contributed by atoms with Gasteiger partial charge < -0.3 is 20.3 Å². The summed E-state index contributed by atoms with van der Waals surface area (Å²) in [5.74, 6) is 0.162. The number of fused-ring (bicyclic) bond motifs is 1. The lowest BCUT2D eigenvalue weighted by atomic mass is 10.1. The number of carbonyl (C=O) groups is 2. The van der Waals surface area contributed by atoms with Gasteiger partial charge in [-0.25, -0.2) is 0 Å². The number of hydrogen-bond donors (Lipinski definition) is 2. The van der Waals surface area contributed by atoms with Crippen molar-refractivity contribution < 1.29 is 14.3 Å². The average Bonchev–Trinajstić information content (AvgIpc) is 2.46. The number of anilines is 1. The maximum atomic E-state index is 12.4. The Morgan fingerprint density at radius 3 is 3.00 bits per heavy atom. The number of benzene rings is 1. The highest BCUT2D eigenvalue weighted by atomic mass is 16.5. The van der Waals surface area contributed by atoms with Crippen molar-refractivity contribution in [2.75, 3.05) is 38.6 Å². The minimum Gasteiger partial charge on any atom is -0.489 e. The number of amides is 2.